The van der Waals surface area contributed by atoms with Crippen LogP contribution in [0.3, 0.4) is 0 Å². The molecule has 0 bridgehead atoms. The third-order valence-electron chi connectivity index (χ3n) is 3.59. The fourth-order valence-electron chi connectivity index (χ4n) is 2.68. The minimum Gasteiger partial charge on any atom is -0.368 e. The van der Waals surface area contributed by atoms with Gasteiger partial charge in [0.2, 0.25) is 5.91 Å². The van der Waals surface area contributed by atoms with Crippen LogP contribution in [0, 0.1) is 0 Å². The Balaban J connectivity index is 1.89. The molecular weight excluding hydrogens is 256 g/mol. The Hall–Kier alpha value is -1.65. The largest absolute Gasteiger partial charge is 0.368 e. The second-order valence-electron chi connectivity index (χ2n) is 4.81. The molecule has 1 aliphatic rings. The summed E-state index contributed by atoms with van der Waals surface area (Å²) >= 11 is 1.80. The molecule has 2 N–H and O–H groups in total. The number of nitrogens with two attached hydrogens (primary N) is 1. The number of benzene rings is 1. The van der Waals surface area contributed by atoms with Crippen LogP contribution in [0.4, 0.5) is 0 Å². The van der Waals surface area contributed by atoms with Crippen molar-refractivity contribution in [2.75, 3.05) is 6.54 Å². The molecule has 2 aromatic rings. The number of primary amides is 1. The second kappa shape index (κ2) is 5.15. The molecule has 0 fully saturated rings. The highest BCUT2D eigenvalue weighted by Crippen LogP contribution is 2.30. The summed E-state index contributed by atoms with van der Waals surface area (Å²) in [7, 11) is 0. The molecule has 1 aromatic heterocycles. The van der Waals surface area contributed by atoms with E-state index in [1.165, 1.54) is 10.4 Å². The molecule has 0 saturated carbocycles. The topological polar surface area (TPSA) is 46.3 Å². The molecule has 1 aromatic carbocycles. The molecule has 98 valence electrons. The maximum atomic E-state index is 11.8. The standard InChI is InChI=1S/C15H16N2OS/c16-15(18)14(11-4-2-1-3-5-11)17-8-6-13-12(10-17)7-9-19-13/h1-5,7,9,14H,6,8,10H2,(H2,16,18)/t14-/m1/s1. The molecule has 0 unspecified atom stereocenters. The van der Waals surface area contributed by atoms with Gasteiger partial charge in [0.15, 0.2) is 0 Å². The van der Waals surface area contributed by atoms with Gasteiger partial charge in [-0.25, -0.2) is 0 Å². The minimum atomic E-state index is -0.325. The molecule has 3 nitrogen and oxygen atoms in total. The fourth-order valence-corrected chi connectivity index (χ4v) is 3.57. The van der Waals surface area contributed by atoms with E-state index in [4.69, 9.17) is 5.73 Å². The van der Waals surface area contributed by atoms with E-state index in [0.717, 1.165) is 25.1 Å². The summed E-state index contributed by atoms with van der Waals surface area (Å²) in [5.41, 5.74) is 7.93. The van der Waals surface area contributed by atoms with Crippen LogP contribution in [0.2, 0.25) is 0 Å². The minimum absolute atomic E-state index is 0.273. The van der Waals surface area contributed by atoms with Crippen molar-refractivity contribution in [2.45, 2.75) is 19.0 Å². The Morgan fingerprint density at radius 3 is 2.79 bits per heavy atom. The van der Waals surface area contributed by atoms with Crippen molar-refractivity contribution in [3.63, 3.8) is 0 Å². The zero-order valence-corrected chi connectivity index (χ0v) is 11.4. The predicted octanol–water partition coefficient (Wildman–Crippen LogP) is 2.33. The van der Waals surface area contributed by atoms with Gasteiger partial charge in [-0.05, 0) is 29.0 Å². The number of nitrogens with zero attached hydrogens (tertiary/aromatic N) is 1. The van der Waals surface area contributed by atoms with Gasteiger partial charge in [0, 0.05) is 18.0 Å². The van der Waals surface area contributed by atoms with Gasteiger partial charge in [0.05, 0.1) is 0 Å². The summed E-state index contributed by atoms with van der Waals surface area (Å²) in [4.78, 5) is 15.4. The van der Waals surface area contributed by atoms with Crippen LogP contribution >= 0.6 is 11.3 Å². The second-order valence-corrected chi connectivity index (χ2v) is 5.81. The molecule has 2 heterocycles. The molecule has 19 heavy (non-hydrogen) atoms. The lowest BCUT2D eigenvalue weighted by atomic mass is 10.0. The van der Waals surface area contributed by atoms with Crippen molar-refractivity contribution in [3.05, 3.63) is 57.8 Å². The first-order valence-corrected chi connectivity index (χ1v) is 7.27. The fraction of sp³-hybridized carbons (Fsp3) is 0.267. The Morgan fingerprint density at radius 1 is 1.26 bits per heavy atom. The van der Waals surface area contributed by atoms with Gasteiger partial charge >= 0.3 is 0 Å². The lowest BCUT2D eigenvalue weighted by Gasteiger charge is -2.32. The van der Waals surface area contributed by atoms with E-state index in [1.807, 2.05) is 30.3 Å². The zero-order chi connectivity index (χ0) is 13.2. The summed E-state index contributed by atoms with van der Waals surface area (Å²) in [6.45, 7) is 1.69. The molecule has 4 heteroatoms. The van der Waals surface area contributed by atoms with E-state index >= 15 is 0 Å². The molecule has 1 aliphatic heterocycles. The number of hydrogen-bond donors (Lipinski definition) is 1. The average molecular weight is 272 g/mol. The molecule has 1 amide bonds. The molecule has 3 rings (SSSR count). The predicted molar refractivity (Wildman–Crippen MR) is 76.8 cm³/mol. The number of carbonyl (C=O) groups is 1. The Kier molecular flexibility index (Phi) is 3.36. The summed E-state index contributed by atoms with van der Waals surface area (Å²) in [6, 6.07) is 11.6. The van der Waals surface area contributed by atoms with Crippen molar-refractivity contribution in [1.29, 1.82) is 0 Å². The normalized spacial score (nSPS) is 16.8. The van der Waals surface area contributed by atoms with Gasteiger partial charge in [-0.15, -0.1) is 11.3 Å². The highest BCUT2D eigenvalue weighted by molar-refractivity contribution is 7.10. The summed E-state index contributed by atoms with van der Waals surface area (Å²) in [5, 5.41) is 2.12. The first-order chi connectivity index (χ1) is 9.25. The SMILES string of the molecule is NC(=O)[C@@H](c1ccccc1)N1CCc2sccc2C1. The third-order valence-corrected chi connectivity index (χ3v) is 4.61. The lowest BCUT2D eigenvalue weighted by molar-refractivity contribution is -0.123. The number of carbonyl (C=O) groups excluding carboxylic acids is 1. The first-order valence-electron chi connectivity index (χ1n) is 6.39. The highest BCUT2D eigenvalue weighted by Gasteiger charge is 2.28. The number of thiophene rings is 1. The number of fused-ring (bicyclic) bond motifs is 1. The van der Waals surface area contributed by atoms with Crippen molar-refractivity contribution >= 4 is 17.2 Å². The van der Waals surface area contributed by atoms with Crippen LogP contribution in [-0.4, -0.2) is 17.4 Å². The van der Waals surface area contributed by atoms with Crippen LogP contribution in [0.15, 0.2) is 41.8 Å². The van der Waals surface area contributed by atoms with E-state index in [-0.39, 0.29) is 11.9 Å². The summed E-state index contributed by atoms with van der Waals surface area (Å²) < 4.78 is 0. The molecular formula is C15H16N2OS. The Morgan fingerprint density at radius 2 is 2.05 bits per heavy atom. The van der Waals surface area contributed by atoms with Gasteiger partial charge < -0.3 is 5.73 Å². The van der Waals surface area contributed by atoms with Gasteiger partial charge in [-0.1, -0.05) is 30.3 Å². The lowest BCUT2D eigenvalue weighted by Crippen LogP contribution is -2.40. The molecule has 0 radical (unpaired) electrons. The highest BCUT2D eigenvalue weighted by atomic mass is 32.1. The molecule has 0 saturated heterocycles. The third kappa shape index (κ3) is 2.41. The first kappa shape index (κ1) is 12.4. The van der Waals surface area contributed by atoms with Crippen LogP contribution in [0.25, 0.3) is 0 Å². The maximum absolute atomic E-state index is 11.8. The van der Waals surface area contributed by atoms with Crippen molar-refractivity contribution in [2.24, 2.45) is 5.73 Å². The zero-order valence-electron chi connectivity index (χ0n) is 10.6. The van der Waals surface area contributed by atoms with Crippen LogP contribution in [0.5, 0.6) is 0 Å². The van der Waals surface area contributed by atoms with Crippen molar-refractivity contribution in [1.82, 2.24) is 4.90 Å². The van der Waals surface area contributed by atoms with Gasteiger partial charge in [0.1, 0.15) is 6.04 Å². The molecule has 0 aliphatic carbocycles. The average Bonchev–Trinajstić information content (AvgIpc) is 2.87. The summed E-state index contributed by atoms with van der Waals surface area (Å²) in [5.74, 6) is -0.273. The van der Waals surface area contributed by atoms with E-state index in [1.54, 1.807) is 11.3 Å². The number of rotatable bonds is 3. The Labute approximate surface area is 116 Å². The van der Waals surface area contributed by atoms with E-state index in [9.17, 15) is 4.79 Å². The van der Waals surface area contributed by atoms with Crippen molar-refractivity contribution < 1.29 is 4.79 Å². The number of amides is 1. The monoisotopic (exact) mass is 272 g/mol. The van der Waals surface area contributed by atoms with Crippen LogP contribution < -0.4 is 5.73 Å². The quantitative estimate of drug-likeness (QED) is 0.932. The van der Waals surface area contributed by atoms with E-state index in [2.05, 4.69) is 16.3 Å². The van der Waals surface area contributed by atoms with Crippen molar-refractivity contribution in [3.8, 4) is 0 Å². The maximum Gasteiger partial charge on any atom is 0.239 e. The summed E-state index contributed by atoms with van der Waals surface area (Å²) in [6.07, 6.45) is 1.00. The number of hydrogen-bond acceptors (Lipinski definition) is 3. The molecule has 1 atom stereocenters. The van der Waals surface area contributed by atoms with E-state index in [0.29, 0.717) is 0 Å². The van der Waals surface area contributed by atoms with Gasteiger partial charge in [-0.3, -0.25) is 9.69 Å². The smallest absolute Gasteiger partial charge is 0.239 e. The van der Waals surface area contributed by atoms with Crippen LogP contribution in [-0.2, 0) is 17.8 Å². The van der Waals surface area contributed by atoms with Gasteiger partial charge in [-0.2, -0.15) is 0 Å². The molecule has 0 spiro atoms. The van der Waals surface area contributed by atoms with Crippen LogP contribution in [0.1, 0.15) is 22.0 Å². The Bertz CT molecular complexity index is 579. The van der Waals surface area contributed by atoms with Gasteiger partial charge in [0.25, 0.3) is 0 Å². The van der Waals surface area contributed by atoms with E-state index < -0.39 is 0 Å².